The molecule has 1 aliphatic carbocycles. The Bertz CT molecular complexity index is 1270. The van der Waals surface area contributed by atoms with Gasteiger partial charge in [-0.15, -0.1) is 0 Å². The van der Waals surface area contributed by atoms with Crippen LogP contribution >= 0.6 is 0 Å². The van der Waals surface area contributed by atoms with Gasteiger partial charge >= 0.3 is 12.1 Å². The van der Waals surface area contributed by atoms with Crippen LogP contribution in [0.5, 0.6) is 0 Å². The summed E-state index contributed by atoms with van der Waals surface area (Å²) in [5.41, 5.74) is 5.22. The fourth-order valence-electron chi connectivity index (χ4n) is 4.20. The van der Waals surface area contributed by atoms with Gasteiger partial charge in [0.2, 0.25) is 0 Å². The van der Waals surface area contributed by atoms with Gasteiger partial charge in [0.15, 0.2) is 0 Å². The number of hydrogen-bond donors (Lipinski definition) is 3. The molecule has 3 aromatic carbocycles. The number of hydrogen-bond acceptors (Lipinski definition) is 5. The van der Waals surface area contributed by atoms with E-state index >= 15 is 0 Å². The normalized spacial score (nSPS) is 13.6. The first kappa shape index (κ1) is 23.5. The van der Waals surface area contributed by atoms with E-state index in [2.05, 4.69) is 5.32 Å². The highest BCUT2D eigenvalue weighted by molar-refractivity contribution is 7.85. The van der Waals surface area contributed by atoms with Crippen LogP contribution in [-0.2, 0) is 31.8 Å². The number of carbonyl (C=O) groups excluding carboxylic acids is 1. The summed E-state index contributed by atoms with van der Waals surface area (Å²) in [4.78, 5) is 24.1. The number of rotatable bonds is 8. The average molecular weight is 482 g/mol. The van der Waals surface area contributed by atoms with Gasteiger partial charge in [0.1, 0.15) is 18.4 Å². The molecule has 9 heteroatoms. The molecule has 0 bridgehead atoms. The minimum absolute atomic E-state index is 0.0221. The van der Waals surface area contributed by atoms with Gasteiger partial charge in [-0.2, -0.15) is 8.42 Å². The molecule has 0 saturated carbocycles. The first-order valence-electron chi connectivity index (χ1n) is 10.6. The Labute approximate surface area is 197 Å². The van der Waals surface area contributed by atoms with Crippen molar-refractivity contribution in [1.82, 2.24) is 5.32 Å². The van der Waals surface area contributed by atoms with Crippen molar-refractivity contribution in [3.63, 3.8) is 0 Å². The minimum atomic E-state index is -4.16. The zero-order valence-corrected chi connectivity index (χ0v) is 18.9. The lowest BCUT2D eigenvalue weighted by Gasteiger charge is -2.17. The van der Waals surface area contributed by atoms with E-state index in [1.165, 1.54) is 12.1 Å². The van der Waals surface area contributed by atoms with Gasteiger partial charge in [-0.05, 0) is 33.4 Å². The van der Waals surface area contributed by atoms with Gasteiger partial charge in [0.05, 0.1) is 0 Å². The molecule has 34 heavy (non-hydrogen) atoms. The van der Waals surface area contributed by atoms with Crippen LogP contribution in [0.3, 0.4) is 0 Å². The molecule has 0 fully saturated rings. The summed E-state index contributed by atoms with van der Waals surface area (Å²) in [6, 6.07) is 20.6. The maximum atomic E-state index is 12.4. The lowest BCUT2D eigenvalue weighted by Crippen LogP contribution is -2.42. The predicted octanol–water partition coefficient (Wildman–Crippen LogP) is 3.61. The average Bonchev–Trinajstić information content (AvgIpc) is 3.11. The van der Waals surface area contributed by atoms with E-state index in [0.717, 1.165) is 22.3 Å². The first-order chi connectivity index (χ1) is 16.2. The predicted molar refractivity (Wildman–Crippen MR) is 125 cm³/mol. The standard InChI is InChI=1S/C25H23NO7S/c27-24(28)23(13-16-9-11-17(12-10-16)15-34(30,31)32)26-25(29)33-14-22-20-7-3-1-5-18(20)19-6-2-4-8-21(19)22/h1-12,22-23H,13-15H2,(H,26,29)(H,27,28)(H,30,31,32). The quantitative estimate of drug-likeness (QED) is 0.419. The van der Waals surface area contributed by atoms with Crippen LogP contribution < -0.4 is 5.32 Å². The molecule has 176 valence electrons. The summed E-state index contributed by atoms with van der Waals surface area (Å²) >= 11 is 0. The maximum absolute atomic E-state index is 12.4. The highest BCUT2D eigenvalue weighted by Gasteiger charge is 2.29. The molecule has 0 radical (unpaired) electrons. The smallest absolute Gasteiger partial charge is 0.407 e. The number of benzene rings is 3. The fourth-order valence-corrected chi connectivity index (χ4v) is 4.81. The number of amides is 1. The Balaban J connectivity index is 1.39. The van der Waals surface area contributed by atoms with Crippen molar-refractivity contribution >= 4 is 22.2 Å². The van der Waals surface area contributed by atoms with Crippen molar-refractivity contribution in [1.29, 1.82) is 0 Å². The third-order valence-corrected chi connectivity index (χ3v) is 6.44. The van der Waals surface area contributed by atoms with Crippen molar-refractivity contribution < 1.29 is 32.4 Å². The lowest BCUT2D eigenvalue weighted by molar-refractivity contribution is -0.139. The van der Waals surface area contributed by atoms with E-state index in [1.807, 2.05) is 48.5 Å². The summed E-state index contributed by atoms with van der Waals surface area (Å²) in [6.45, 7) is 0.0660. The van der Waals surface area contributed by atoms with Crippen LogP contribution in [0.4, 0.5) is 4.79 Å². The summed E-state index contributed by atoms with van der Waals surface area (Å²) in [6.07, 6.45) is -0.858. The number of aliphatic carboxylic acids is 1. The van der Waals surface area contributed by atoms with Crippen LogP contribution in [0.1, 0.15) is 28.2 Å². The first-order valence-corrected chi connectivity index (χ1v) is 12.2. The van der Waals surface area contributed by atoms with Crippen molar-refractivity contribution in [2.75, 3.05) is 6.61 Å². The lowest BCUT2D eigenvalue weighted by atomic mass is 9.98. The third kappa shape index (κ3) is 5.44. The molecule has 1 amide bonds. The minimum Gasteiger partial charge on any atom is -0.480 e. The summed E-state index contributed by atoms with van der Waals surface area (Å²) in [7, 11) is -4.16. The van der Waals surface area contributed by atoms with Crippen LogP contribution in [0.2, 0.25) is 0 Å². The van der Waals surface area contributed by atoms with E-state index in [0.29, 0.717) is 11.1 Å². The van der Waals surface area contributed by atoms with Gasteiger partial charge in [0.25, 0.3) is 10.1 Å². The molecule has 0 aliphatic heterocycles. The fraction of sp³-hybridized carbons (Fsp3) is 0.200. The van der Waals surface area contributed by atoms with Gasteiger partial charge in [0, 0.05) is 12.3 Å². The Morgan fingerprint density at radius 3 is 1.94 bits per heavy atom. The zero-order chi connectivity index (χ0) is 24.3. The Morgan fingerprint density at radius 1 is 0.882 bits per heavy atom. The van der Waals surface area contributed by atoms with Crippen LogP contribution in [0.15, 0.2) is 72.8 Å². The summed E-state index contributed by atoms with van der Waals surface area (Å²) in [5, 5.41) is 11.9. The number of carboxylic acid groups (broad SMARTS) is 1. The zero-order valence-electron chi connectivity index (χ0n) is 18.0. The largest absolute Gasteiger partial charge is 0.480 e. The van der Waals surface area contributed by atoms with E-state index < -0.39 is 34.0 Å². The Morgan fingerprint density at radius 2 is 1.41 bits per heavy atom. The molecular formula is C25H23NO7S. The number of carboxylic acids is 1. The molecule has 0 heterocycles. The highest BCUT2D eigenvalue weighted by Crippen LogP contribution is 2.44. The third-order valence-electron chi connectivity index (χ3n) is 5.75. The van der Waals surface area contributed by atoms with E-state index in [4.69, 9.17) is 9.29 Å². The number of fused-ring (bicyclic) bond motifs is 3. The maximum Gasteiger partial charge on any atom is 0.407 e. The molecule has 0 saturated heterocycles. The number of carbonyl (C=O) groups is 2. The molecular weight excluding hydrogens is 458 g/mol. The number of ether oxygens (including phenoxy) is 1. The Hall–Kier alpha value is -3.69. The van der Waals surface area contributed by atoms with Crippen molar-refractivity contribution in [3.05, 3.63) is 95.1 Å². The van der Waals surface area contributed by atoms with E-state index in [9.17, 15) is 23.1 Å². The molecule has 0 aromatic heterocycles. The van der Waals surface area contributed by atoms with Crippen molar-refractivity contribution in [3.8, 4) is 11.1 Å². The monoisotopic (exact) mass is 481 g/mol. The molecule has 4 rings (SSSR count). The van der Waals surface area contributed by atoms with Crippen molar-refractivity contribution in [2.45, 2.75) is 24.1 Å². The van der Waals surface area contributed by atoms with Gasteiger partial charge in [-0.1, -0.05) is 72.8 Å². The molecule has 8 nitrogen and oxygen atoms in total. The van der Waals surface area contributed by atoms with Gasteiger partial charge < -0.3 is 15.2 Å². The molecule has 3 aromatic rings. The van der Waals surface area contributed by atoms with Crippen LogP contribution in [0, 0.1) is 0 Å². The summed E-state index contributed by atoms with van der Waals surface area (Å²) < 4.78 is 36.3. The van der Waals surface area contributed by atoms with Crippen LogP contribution in [0.25, 0.3) is 11.1 Å². The van der Waals surface area contributed by atoms with Crippen LogP contribution in [-0.4, -0.2) is 42.8 Å². The number of nitrogens with one attached hydrogen (secondary N) is 1. The molecule has 3 N–H and O–H groups in total. The van der Waals surface area contributed by atoms with E-state index in [-0.39, 0.29) is 18.9 Å². The second-order valence-corrected chi connectivity index (χ2v) is 9.56. The molecule has 1 unspecified atom stereocenters. The molecule has 1 aliphatic rings. The van der Waals surface area contributed by atoms with Crippen molar-refractivity contribution in [2.24, 2.45) is 0 Å². The highest BCUT2D eigenvalue weighted by atomic mass is 32.2. The molecule has 1 atom stereocenters. The second-order valence-electron chi connectivity index (χ2n) is 8.11. The van der Waals surface area contributed by atoms with Gasteiger partial charge in [-0.25, -0.2) is 9.59 Å². The molecule has 0 spiro atoms. The second kappa shape index (κ2) is 9.66. The SMILES string of the molecule is O=C(NC(Cc1ccc(CS(=O)(=O)O)cc1)C(=O)O)OCC1c2ccccc2-c2ccccc21. The topological polar surface area (TPSA) is 130 Å². The number of alkyl carbamates (subject to hydrolysis) is 1. The summed E-state index contributed by atoms with van der Waals surface area (Å²) in [5.74, 6) is -1.90. The van der Waals surface area contributed by atoms with Gasteiger partial charge in [-0.3, -0.25) is 4.55 Å². The Kier molecular flexibility index (Phi) is 6.67. The van der Waals surface area contributed by atoms with E-state index in [1.54, 1.807) is 12.1 Å².